The molecule has 1 unspecified atom stereocenters. The first-order valence-corrected chi connectivity index (χ1v) is 5.86. The summed E-state index contributed by atoms with van der Waals surface area (Å²) in [5.41, 5.74) is 6.67. The van der Waals surface area contributed by atoms with Crippen LogP contribution in [0.3, 0.4) is 0 Å². The second-order valence-corrected chi connectivity index (χ2v) is 4.15. The number of benzene rings is 1. The van der Waals surface area contributed by atoms with Crippen molar-refractivity contribution in [2.45, 2.75) is 18.5 Å². The Bertz CT molecular complexity index is 422. The molecule has 1 aromatic carbocycles. The molecular weight excluding hydrogens is 248 g/mol. The lowest BCUT2D eigenvalue weighted by Gasteiger charge is -2.17. The summed E-state index contributed by atoms with van der Waals surface area (Å²) < 4.78 is 4.73. The highest BCUT2D eigenvalue weighted by Gasteiger charge is 2.23. The average molecular weight is 266 g/mol. The summed E-state index contributed by atoms with van der Waals surface area (Å²) in [5.74, 6) is -1.66. The normalized spacial score (nSPS) is 13.6. The number of methoxy groups -OCH3 is 1. The van der Waals surface area contributed by atoms with E-state index in [2.05, 4.69) is 5.32 Å². The summed E-state index contributed by atoms with van der Waals surface area (Å²) >= 11 is 0. The van der Waals surface area contributed by atoms with Gasteiger partial charge in [0.2, 0.25) is 5.91 Å². The molecule has 104 valence electrons. The van der Waals surface area contributed by atoms with Gasteiger partial charge in [0, 0.05) is 7.11 Å². The number of hydrogen-bond donors (Lipinski definition) is 3. The molecule has 4 N–H and O–H groups in total. The maximum absolute atomic E-state index is 11.8. The zero-order valence-corrected chi connectivity index (χ0v) is 10.7. The fourth-order valence-corrected chi connectivity index (χ4v) is 1.58. The topological polar surface area (TPSA) is 102 Å². The van der Waals surface area contributed by atoms with Crippen LogP contribution in [-0.4, -0.2) is 42.8 Å². The van der Waals surface area contributed by atoms with Crippen molar-refractivity contribution >= 4 is 11.9 Å². The number of rotatable bonds is 7. The molecule has 6 nitrogen and oxygen atoms in total. The van der Waals surface area contributed by atoms with E-state index in [0.717, 1.165) is 5.56 Å². The summed E-state index contributed by atoms with van der Waals surface area (Å²) in [6.07, 6.45) is 0.353. The second kappa shape index (κ2) is 7.50. The van der Waals surface area contributed by atoms with E-state index in [-0.39, 0.29) is 6.61 Å². The number of nitrogens with two attached hydrogens (primary N) is 1. The Balaban J connectivity index is 2.54. The van der Waals surface area contributed by atoms with Crippen LogP contribution in [0.4, 0.5) is 0 Å². The molecule has 1 amide bonds. The molecule has 0 saturated carbocycles. The molecular formula is C13H18N2O4. The molecule has 0 aliphatic carbocycles. The Kier molecular flexibility index (Phi) is 5.98. The van der Waals surface area contributed by atoms with Gasteiger partial charge in [-0.05, 0) is 12.0 Å². The number of ether oxygens (including phenoxy) is 1. The minimum absolute atomic E-state index is 0.0981. The van der Waals surface area contributed by atoms with Crippen molar-refractivity contribution in [2.75, 3.05) is 13.7 Å². The molecule has 0 aromatic heterocycles. The van der Waals surface area contributed by atoms with Crippen molar-refractivity contribution < 1.29 is 19.4 Å². The van der Waals surface area contributed by atoms with Crippen LogP contribution in [0.15, 0.2) is 30.3 Å². The zero-order chi connectivity index (χ0) is 14.3. The summed E-state index contributed by atoms with van der Waals surface area (Å²) in [7, 11) is 1.37. The summed E-state index contributed by atoms with van der Waals surface area (Å²) in [6, 6.07) is 7.42. The van der Waals surface area contributed by atoms with Gasteiger partial charge in [-0.25, -0.2) is 4.79 Å². The number of carbonyl (C=O) groups excluding carboxylic acids is 1. The molecule has 0 radical (unpaired) electrons. The Morgan fingerprint density at radius 1 is 1.37 bits per heavy atom. The van der Waals surface area contributed by atoms with E-state index in [1.54, 1.807) is 0 Å². The fourth-order valence-electron chi connectivity index (χ4n) is 1.58. The van der Waals surface area contributed by atoms with Crippen molar-refractivity contribution in [1.29, 1.82) is 0 Å². The zero-order valence-electron chi connectivity index (χ0n) is 10.7. The molecule has 0 fully saturated rings. The van der Waals surface area contributed by atoms with Gasteiger partial charge >= 0.3 is 5.97 Å². The van der Waals surface area contributed by atoms with E-state index < -0.39 is 24.0 Å². The van der Waals surface area contributed by atoms with Crippen LogP contribution in [0, 0.1) is 0 Å². The second-order valence-electron chi connectivity index (χ2n) is 4.15. The molecule has 0 aliphatic heterocycles. The van der Waals surface area contributed by atoms with Crippen molar-refractivity contribution in [3.63, 3.8) is 0 Å². The maximum atomic E-state index is 11.8. The molecule has 6 heteroatoms. The van der Waals surface area contributed by atoms with Crippen LogP contribution in [0.2, 0.25) is 0 Å². The Morgan fingerprint density at radius 2 is 2.00 bits per heavy atom. The Labute approximate surface area is 111 Å². The monoisotopic (exact) mass is 266 g/mol. The maximum Gasteiger partial charge on any atom is 0.328 e. The summed E-state index contributed by atoms with van der Waals surface area (Å²) in [5, 5.41) is 11.2. The van der Waals surface area contributed by atoms with Gasteiger partial charge in [0.1, 0.15) is 0 Å². The van der Waals surface area contributed by atoms with Gasteiger partial charge in [-0.15, -0.1) is 0 Å². The number of aliphatic carboxylic acids is 1. The lowest BCUT2D eigenvalue weighted by Crippen LogP contribution is -2.50. The van der Waals surface area contributed by atoms with E-state index in [0.29, 0.717) is 6.42 Å². The van der Waals surface area contributed by atoms with Gasteiger partial charge in [-0.1, -0.05) is 30.3 Å². The quantitative estimate of drug-likeness (QED) is 0.633. The summed E-state index contributed by atoms with van der Waals surface area (Å²) in [6.45, 7) is -0.0981. The van der Waals surface area contributed by atoms with Crippen LogP contribution in [0.1, 0.15) is 5.56 Å². The van der Waals surface area contributed by atoms with E-state index in [1.807, 2.05) is 30.3 Å². The molecule has 0 saturated heterocycles. The van der Waals surface area contributed by atoms with E-state index in [9.17, 15) is 9.59 Å². The number of carboxylic acids is 1. The molecule has 0 spiro atoms. The Hall–Kier alpha value is -1.92. The highest BCUT2D eigenvalue weighted by atomic mass is 16.5. The van der Waals surface area contributed by atoms with E-state index >= 15 is 0 Å². The van der Waals surface area contributed by atoms with E-state index in [1.165, 1.54) is 7.11 Å². The van der Waals surface area contributed by atoms with Crippen LogP contribution in [0.25, 0.3) is 0 Å². The fraction of sp³-hybridized carbons (Fsp3) is 0.385. The number of hydrogen-bond acceptors (Lipinski definition) is 4. The largest absolute Gasteiger partial charge is 0.480 e. The smallest absolute Gasteiger partial charge is 0.328 e. The van der Waals surface area contributed by atoms with Crippen LogP contribution in [-0.2, 0) is 20.7 Å². The van der Waals surface area contributed by atoms with Crippen molar-refractivity contribution in [3.8, 4) is 0 Å². The van der Waals surface area contributed by atoms with Gasteiger partial charge in [-0.3, -0.25) is 4.79 Å². The standard InChI is InChI=1S/C13H18N2O4/c1-19-8-11(13(17)18)15-12(16)10(14)7-9-5-3-2-4-6-9/h2-6,10-11H,7-8,14H2,1H3,(H,15,16)(H,17,18)/t10-,11?/m0/s1. The molecule has 0 aliphatic rings. The third-order valence-electron chi connectivity index (χ3n) is 2.58. The molecule has 19 heavy (non-hydrogen) atoms. The van der Waals surface area contributed by atoms with Crippen molar-refractivity contribution in [3.05, 3.63) is 35.9 Å². The minimum atomic E-state index is -1.15. The predicted molar refractivity (Wildman–Crippen MR) is 69.6 cm³/mol. The summed E-state index contributed by atoms with van der Waals surface area (Å²) in [4.78, 5) is 22.7. The van der Waals surface area contributed by atoms with Crippen LogP contribution in [0.5, 0.6) is 0 Å². The predicted octanol–water partition coefficient (Wildman–Crippen LogP) is -0.228. The molecule has 1 aromatic rings. The van der Waals surface area contributed by atoms with Crippen molar-refractivity contribution in [1.82, 2.24) is 5.32 Å². The number of carbonyl (C=O) groups is 2. The highest BCUT2D eigenvalue weighted by Crippen LogP contribution is 2.02. The molecule has 0 heterocycles. The minimum Gasteiger partial charge on any atom is -0.480 e. The van der Waals surface area contributed by atoms with Gasteiger partial charge < -0.3 is 20.9 Å². The first-order chi connectivity index (χ1) is 9.04. The van der Waals surface area contributed by atoms with E-state index in [4.69, 9.17) is 15.6 Å². The Morgan fingerprint density at radius 3 is 2.53 bits per heavy atom. The average Bonchev–Trinajstić information content (AvgIpc) is 2.39. The lowest BCUT2D eigenvalue weighted by molar-refractivity contribution is -0.143. The molecule has 2 atom stereocenters. The third-order valence-corrected chi connectivity index (χ3v) is 2.58. The highest BCUT2D eigenvalue weighted by molar-refractivity contribution is 5.87. The van der Waals surface area contributed by atoms with Gasteiger partial charge in [-0.2, -0.15) is 0 Å². The lowest BCUT2D eigenvalue weighted by atomic mass is 10.1. The first kappa shape index (κ1) is 15.1. The van der Waals surface area contributed by atoms with Gasteiger partial charge in [0.15, 0.2) is 6.04 Å². The van der Waals surface area contributed by atoms with Gasteiger partial charge in [0.25, 0.3) is 0 Å². The number of nitrogens with one attached hydrogen (secondary N) is 1. The molecule has 0 bridgehead atoms. The molecule has 1 rings (SSSR count). The van der Waals surface area contributed by atoms with Gasteiger partial charge in [0.05, 0.1) is 12.6 Å². The van der Waals surface area contributed by atoms with Crippen molar-refractivity contribution in [2.24, 2.45) is 5.73 Å². The van der Waals surface area contributed by atoms with Crippen LogP contribution >= 0.6 is 0 Å². The third kappa shape index (κ3) is 5.07. The first-order valence-electron chi connectivity index (χ1n) is 5.86. The number of amides is 1. The number of carboxylic acid groups (broad SMARTS) is 1. The SMILES string of the molecule is COCC(NC(=O)[C@@H](N)Cc1ccccc1)C(=O)O. The van der Waals surface area contributed by atoms with Crippen LogP contribution < -0.4 is 11.1 Å².